The van der Waals surface area contributed by atoms with Crippen molar-refractivity contribution in [2.24, 2.45) is 0 Å². The number of ether oxygens (including phenoxy) is 3. The van der Waals surface area contributed by atoms with Crippen molar-refractivity contribution >= 4 is 17.9 Å². The minimum Gasteiger partial charge on any atom is -0.462 e. The van der Waals surface area contributed by atoms with Gasteiger partial charge in [0.25, 0.3) is 0 Å². The van der Waals surface area contributed by atoms with Gasteiger partial charge in [-0.15, -0.1) is 0 Å². The van der Waals surface area contributed by atoms with Crippen LogP contribution in [0.4, 0.5) is 0 Å². The van der Waals surface area contributed by atoms with Gasteiger partial charge in [0.05, 0.1) is 0 Å². The molecule has 0 saturated heterocycles. The fraction of sp³-hybridized carbons (Fsp3) is 0.800. The summed E-state index contributed by atoms with van der Waals surface area (Å²) in [6.07, 6.45) is 75.5. The maximum absolute atomic E-state index is 12.8. The van der Waals surface area contributed by atoms with Gasteiger partial charge in [0.2, 0.25) is 0 Å². The number of allylic oxidation sites excluding steroid dienone is 10. The zero-order valence-corrected chi connectivity index (χ0v) is 47.2. The molecule has 1 atom stereocenters. The smallest absolute Gasteiger partial charge is 0.306 e. The summed E-state index contributed by atoms with van der Waals surface area (Å²) in [7, 11) is 0. The third-order valence-corrected chi connectivity index (χ3v) is 13.5. The predicted molar refractivity (Wildman–Crippen MR) is 307 cm³/mol. The van der Waals surface area contributed by atoms with E-state index in [4.69, 9.17) is 14.2 Å². The van der Waals surface area contributed by atoms with Crippen molar-refractivity contribution in [3.63, 3.8) is 0 Å². The van der Waals surface area contributed by atoms with Crippen LogP contribution in [-0.4, -0.2) is 37.2 Å². The molecule has 0 aliphatic carbocycles. The molecule has 0 fully saturated rings. The van der Waals surface area contributed by atoms with E-state index in [1.807, 2.05) is 0 Å². The number of carbonyl (C=O) groups is 3. The Morgan fingerprint density at radius 1 is 0.296 bits per heavy atom. The Bertz CT molecular complexity index is 1280. The fourth-order valence-electron chi connectivity index (χ4n) is 8.94. The first kappa shape index (κ1) is 68.1. The normalized spacial score (nSPS) is 12.4. The summed E-state index contributed by atoms with van der Waals surface area (Å²) in [6.45, 7) is 6.49. The first-order valence-electron chi connectivity index (χ1n) is 30.8. The maximum Gasteiger partial charge on any atom is 0.306 e. The second-order valence-corrected chi connectivity index (χ2v) is 20.6. The Kier molecular flexibility index (Phi) is 57.2. The Morgan fingerprint density at radius 3 is 0.859 bits per heavy atom. The summed E-state index contributed by atoms with van der Waals surface area (Å²) in [5.74, 6) is -0.911. The Balaban J connectivity index is 4.12. The molecule has 0 aromatic carbocycles. The van der Waals surface area contributed by atoms with Crippen molar-refractivity contribution in [3.8, 4) is 0 Å². The molecule has 0 rings (SSSR count). The lowest BCUT2D eigenvalue weighted by Crippen LogP contribution is -2.30. The van der Waals surface area contributed by atoms with Crippen molar-refractivity contribution in [3.05, 3.63) is 60.8 Å². The topological polar surface area (TPSA) is 78.9 Å². The summed E-state index contributed by atoms with van der Waals surface area (Å²) in [5.41, 5.74) is 0. The van der Waals surface area contributed by atoms with E-state index in [0.29, 0.717) is 19.3 Å². The Labute approximate surface area is 440 Å². The van der Waals surface area contributed by atoms with Crippen LogP contribution in [-0.2, 0) is 28.6 Å². The van der Waals surface area contributed by atoms with Crippen LogP contribution in [0.5, 0.6) is 0 Å². The zero-order chi connectivity index (χ0) is 51.4. The third kappa shape index (κ3) is 57.9. The van der Waals surface area contributed by atoms with Crippen LogP contribution < -0.4 is 0 Å². The lowest BCUT2D eigenvalue weighted by molar-refractivity contribution is -0.167. The van der Waals surface area contributed by atoms with Crippen LogP contribution in [0, 0.1) is 0 Å². The second-order valence-electron chi connectivity index (χ2n) is 20.6. The van der Waals surface area contributed by atoms with Crippen LogP contribution in [0.3, 0.4) is 0 Å². The molecule has 0 bridgehead atoms. The van der Waals surface area contributed by atoms with Gasteiger partial charge in [-0.25, -0.2) is 0 Å². The first-order chi connectivity index (χ1) is 35.0. The quantitative estimate of drug-likeness (QED) is 0.0261. The van der Waals surface area contributed by atoms with E-state index < -0.39 is 6.10 Å². The second kappa shape index (κ2) is 59.7. The molecule has 6 heteroatoms. The fourth-order valence-corrected chi connectivity index (χ4v) is 8.94. The molecule has 6 nitrogen and oxygen atoms in total. The number of carbonyl (C=O) groups excluding carboxylic acids is 3. The average molecular weight is 994 g/mol. The average Bonchev–Trinajstić information content (AvgIpc) is 3.37. The van der Waals surface area contributed by atoms with Gasteiger partial charge in [0.1, 0.15) is 13.2 Å². The highest BCUT2D eigenvalue weighted by atomic mass is 16.6. The summed E-state index contributed by atoms with van der Waals surface area (Å²) in [5, 5.41) is 0. The molecular formula is C65H116O6. The van der Waals surface area contributed by atoms with Gasteiger partial charge < -0.3 is 14.2 Å². The molecule has 0 saturated carbocycles. The van der Waals surface area contributed by atoms with Gasteiger partial charge in [-0.3, -0.25) is 14.4 Å². The SMILES string of the molecule is CC/C=C\C/C=C\C/C=C\C/C=C\C/C=C\CCCCCC(=O)OC(COC(=O)CCCCCCCCC)COC(=O)CCCCCCCCCCCCCCCCCCCCCCCCCCCCC. The number of hydrogen-bond donors (Lipinski definition) is 0. The van der Waals surface area contributed by atoms with Gasteiger partial charge >= 0.3 is 17.9 Å². The predicted octanol–water partition coefficient (Wildman–Crippen LogP) is 20.8. The molecule has 0 heterocycles. The van der Waals surface area contributed by atoms with E-state index in [2.05, 4.69) is 81.5 Å². The molecule has 0 amide bonds. The molecule has 0 N–H and O–H groups in total. The van der Waals surface area contributed by atoms with E-state index in [1.165, 1.54) is 180 Å². The summed E-state index contributed by atoms with van der Waals surface area (Å²) in [6, 6.07) is 0. The number of unbranched alkanes of at least 4 members (excludes halogenated alkanes) is 35. The lowest BCUT2D eigenvalue weighted by atomic mass is 10.0. The summed E-state index contributed by atoms with van der Waals surface area (Å²) < 4.78 is 16.8. The highest BCUT2D eigenvalue weighted by molar-refractivity contribution is 5.71. The largest absolute Gasteiger partial charge is 0.462 e. The van der Waals surface area contributed by atoms with Gasteiger partial charge in [-0.05, 0) is 64.2 Å². The molecule has 0 aromatic heterocycles. The Morgan fingerprint density at radius 2 is 0.549 bits per heavy atom. The lowest BCUT2D eigenvalue weighted by Gasteiger charge is -2.18. The van der Waals surface area contributed by atoms with Gasteiger partial charge in [-0.2, -0.15) is 0 Å². The van der Waals surface area contributed by atoms with Crippen molar-refractivity contribution in [2.45, 2.75) is 322 Å². The standard InChI is InChI=1S/C65H116O6/c1-4-7-10-13-16-18-20-22-24-26-28-29-30-31-32-33-34-35-37-38-40-42-44-46-49-52-55-58-64(67)70-61-62(60-69-63(66)57-54-51-48-15-12-9-6-3)71-65(68)59-56-53-50-47-45-43-41-39-36-27-25-23-21-19-17-14-11-8-5-2/h8,11,17,19,23,25,36,39,43,45,62H,4-7,9-10,12-16,18,20-22,24,26-35,37-38,40-42,44,46-61H2,1-3H3/b11-8-,19-17-,25-23-,39-36-,45-43-. The van der Waals surface area contributed by atoms with E-state index >= 15 is 0 Å². The van der Waals surface area contributed by atoms with Gasteiger partial charge in [-0.1, -0.05) is 293 Å². The van der Waals surface area contributed by atoms with Gasteiger partial charge in [0.15, 0.2) is 6.10 Å². The highest BCUT2D eigenvalue weighted by Crippen LogP contribution is 2.17. The molecule has 0 aromatic rings. The van der Waals surface area contributed by atoms with E-state index in [9.17, 15) is 14.4 Å². The molecule has 0 radical (unpaired) electrons. The molecule has 0 aliphatic rings. The van der Waals surface area contributed by atoms with Crippen LogP contribution in [0.25, 0.3) is 0 Å². The van der Waals surface area contributed by atoms with E-state index in [0.717, 1.165) is 96.3 Å². The van der Waals surface area contributed by atoms with Crippen LogP contribution in [0.1, 0.15) is 316 Å². The van der Waals surface area contributed by atoms with Crippen LogP contribution in [0.15, 0.2) is 60.8 Å². The third-order valence-electron chi connectivity index (χ3n) is 13.5. The highest BCUT2D eigenvalue weighted by Gasteiger charge is 2.19. The zero-order valence-electron chi connectivity index (χ0n) is 47.2. The van der Waals surface area contributed by atoms with Crippen molar-refractivity contribution in [1.82, 2.24) is 0 Å². The number of rotatable bonds is 56. The molecule has 1 unspecified atom stereocenters. The van der Waals surface area contributed by atoms with E-state index in [1.54, 1.807) is 0 Å². The maximum atomic E-state index is 12.8. The van der Waals surface area contributed by atoms with Crippen LogP contribution >= 0.6 is 0 Å². The molecular weight excluding hydrogens is 877 g/mol. The monoisotopic (exact) mass is 993 g/mol. The Hall–Kier alpha value is -2.89. The molecule has 0 aliphatic heterocycles. The molecule has 0 spiro atoms. The van der Waals surface area contributed by atoms with Crippen molar-refractivity contribution in [2.75, 3.05) is 13.2 Å². The molecule has 412 valence electrons. The van der Waals surface area contributed by atoms with E-state index in [-0.39, 0.29) is 31.1 Å². The van der Waals surface area contributed by atoms with Gasteiger partial charge in [0, 0.05) is 19.3 Å². The van der Waals surface area contributed by atoms with Crippen molar-refractivity contribution < 1.29 is 28.6 Å². The minimum absolute atomic E-state index is 0.0845. The van der Waals surface area contributed by atoms with Crippen molar-refractivity contribution in [1.29, 1.82) is 0 Å². The number of hydrogen-bond acceptors (Lipinski definition) is 6. The minimum atomic E-state index is -0.787. The van der Waals surface area contributed by atoms with Crippen LogP contribution in [0.2, 0.25) is 0 Å². The number of esters is 3. The first-order valence-corrected chi connectivity index (χ1v) is 30.8. The molecule has 71 heavy (non-hydrogen) atoms. The summed E-state index contributed by atoms with van der Waals surface area (Å²) in [4.78, 5) is 38.0. The summed E-state index contributed by atoms with van der Waals surface area (Å²) >= 11 is 0.